The molecule has 174 valence electrons. The molecule has 0 aromatic heterocycles. The van der Waals surface area contributed by atoms with Gasteiger partial charge in [0.25, 0.3) is 0 Å². The van der Waals surface area contributed by atoms with Crippen molar-refractivity contribution in [2.75, 3.05) is 6.54 Å². The summed E-state index contributed by atoms with van der Waals surface area (Å²) in [6.45, 7) is 0.707. The molecule has 1 heterocycles. The number of allylic oxidation sites excluding steroid dienone is 1. The second-order valence-corrected chi connectivity index (χ2v) is 10.1. The van der Waals surface area contributed by atoms with Crippen LogP contribution in [0.1, 0.15) is 28.5 Å². The molecule has 0 saturated carbocycles. The Hall–Kier alpha value is -2.40. The number of amides is 1. The van der Waals surface area contributed by atoms with Crippen LogP contribution >= 0.6 is 34.8 Å². The number of likely N-dealkylation sites (tertiary alicyclic amines) is 1. The minimum atomic E-state index is -0.919. The summed E-state index contributed by atoms with van der Waals surface area (Å²) in [5.74, 6) is -2.29. The van der Waals surface area contributed by atoms with Gasteiger partial charge in [-0.1, -0.05) is 71.2 Å². The van der Waals surface area contributed by atoms with Crippen LogP contribution in [0.25, 0.3) is 0 Å². The van der Waals surface area contributed by atoms with Gasteiger partial charge in [-0.2, -0.15) is 0 Å². The van der Waals surface area contributed by atoms with E-state index in [1.54, 1.807) is 11.0 Å². The second-order valence-electron chi connectivity index (χ2n) is 8.81. The summed E-state index contributed by atoms with van der Waals surface area (Å²) in [5.41, 5.74) is 2.55. The van der Waals surface area contributed by atoms with Crippen LogP contribution in [0.3, 0.4) is 0 Å². The number of halogens is 5. The molecule has 1 saturated heterocycles. The number of carbonyl (C=O) groups is 1. The van der Waals surface area contributed by atoms with Crippen LogP contribution in [0, 0.1) is 23.5 Å². The van der Waals surface area contributed by atoms with E-state index in [4.69, 9.17) is 34.8 Å². The summed E-state index contributed by atoms with van der Waals surface area (Å²) < 4.78 is 27.1. The standard InChI is InChI=1S/C27H20Cl3F2NO/c28-17-4-2-16(3-5-17)26-20(19-7-6-18(29)12-23(19)30)8-9-21-22(26)14-33(27(21)34)13-15-1-10-24(31)25(32)11-15/h1-12,20-22,26H,13-14H2/t20-,21+,22+,26-/m0/s1. The third-order valence-corrected chi connectivity index (χ3v) is 7.61. The lowest BCUT2D eigenvalue weighted by Gasteiger charge is -2.36. The summed E-state index contributed by atoms with van der Waals surface area (Å²) in [6.07, 6.45) is 4.01. The number of hydrogen-bond donors (Lipinski definition) is 0. The number of fused-ring (bicyclic) bond motifs is 1. The third-order valence-electron chi connectivity index (χ3n) is 6.80. The van der Waals surface area contributed by atoms with Gasteiger partial charge in [0.15, 0.2) is 11.6 Å². The first kappa shape index (κ1) is 23.3. The summed E-state index contributed by atoms with van der Waals surface area (Å²) in [5, 5.41) is 1.76. The Morgan fingerprint density at radius 1 is 0.824 bits per heavy atom. The summed E-state index contributed by atoms with van der Waals surface area (Å²) in [4.78, 5) is 15.0. The highest BCUT2D eigenvalue weighted by molar-refractivity contribution is 6.35. The zero-order chi connectivity index (χ0) is 24.0. The van der Waals surface area contributed by atoms with E-state index in [2.05, 4.69) is 6.08 Å². The first-order chi connectivity index (χ1) is 16.3. The van der Waals surface area contributed by atoms with Crippen LogP contribution in [0.5, 0.6) is 0 Å². The van der Waals surface area contributed by atoms with Gasteiger partial charge in [-0.25, -0.2) is 8.78 Å². The molecule has 1 amide bonds. The van der Waals surface area contributed by atoms with E-state index in [0.29, 0.717) is 27.2 Å². The van der Waals surface area contributed by atoms with Crippen LogP contribution in [0.2, 0.25) is 15.1 Å². The minimum Gasteiger partial charge on any atom is -0.338 e. The molecule has 2 aliphatic rings. The van der Waals surface area contributed by atoms with E-state index in [1.165, 1.54) is 6.07 Å². The van der Waals surface area contributed by atoms with Gasteiger partial charge in [-0.3, -0.25) is 4.79 Å². The fourth-order valence-electron chi connectivity index (χ4n) is 5.25. The van der Waals surface area contributed by atoms with Crippen LogP contribution in [0.15, 0.2) is 72.8 Å². The van der Waals surface area contributed by atoms with Gasteiger partial charge in [0.1, 0.15) is 0 Å². The highest BCUT2D eigenvalue weighted by Crippen LogP contribution is 2.51. The molecule has 0 N–H and O–H groups in total. The predicted octanol–water partition coefficient (Wildman–Crippen LogP) is 7.64. The van der Waals surface area contributed by atoms with Crippen LogP contribution in [-0.4, -0.2) is 17.4 Å². The summed E-state index contributed by atoms with van der Waals surface area (Å²) in [6, 6.07) is 16.9. The fraction of sp³-hybridized carbons (Fsp3) is 0.222. The number of benzene rings is 3. The molecule has 5 rings (SSSR count). The average molecular weight is 519 g/mol. The Morgan fingerprint density at radius 3 is 2.24 bits per heavy atom. The molecule has 1 aliphatic carbocycles. The normalized spacial score (nSPS) is 23.9. The Kier molecular flexibility index (Phi) is 6.41. The number of rotatable bonds is 4. The largest absolute Gasteiger partial charge is 0.338 e. The van der Waals surface area contributed by atoms with Gasteiger partial charge < -0.3 is 4.90 Å². The molecule has 0 bridgehead atoms. The zero-order valence-corrected chi connectivity index (χ0v) is 20.2. The second kappa shape index (κ2) is 9.33. The first-order valence-corrected chi connectivity index (χ1v) is 12.1. The van der Waals surface area contributed by atoms with E-state index in [1.807, 2.05) is 42.5 Å². The number of carbonyl (C=O) groups excluding carboxylic acids is 1. The van der Waals surface area contributed by atoms with Gasteiger partial charge in [0, 0.05) is 34.1 Å². The zero-order valence-electron chi connectivity index (χ0n) is 17.9. The van der Waals surface area contributed by atoms with Crippen molar-refractivity contribution in [2.24, 2.45) is 11.8 Å². The molecule has 34 heavy (non-hydrogen) atoms. The SMILES string of the molecule is O=C1[C@@H]2C=C[C@@H](c3ccc(Cl)cc3Cl)[C@H](c3ccc(Cl)cc3)[C@@H]2CN1Cc1ccc(F)c(F)c1. The first-order valence-electron chi connectivity index (χ1n) is 10.9. The molecule has 4 atom stereocenters. The fourth-order valence-corrected chi connectivity index (χ4v) is 5.91. The van der Waals surface area contributed by atoms with Crippen molar-refractivity contribution >= 4 is 40.7 Å². The molecule has 1 aliphatic heterocycles. The van der Waals surface area contributed by atoms with Crippen molar-refractivity contribution in [2.45, 2.75) is 18.4 Å². The average Bonchev–Trinajstić information content (AvgIpc) is 3.12. The maximum absolute atomic E-state index is 13.7. The van der Waals surface area contributed by atoms with Gasteiger partial charge >= 0.3 is 0 Å². The molecule has 1 fully saturated rings. The van der Waals surface area contributed by atoms with E-state index in [-0.39, 0.29) is 36.1 Å². The Labute approximate surface area is 211 Å². The highest BCUT2D eigenvalue weighted by atomic mass is 35.5. The molecule has 0 radical (unpaired) electrons. The predicted molar refractivity (Wildman–Crippen MR) is 131 cm³/mol. The van der Waals surface area contributed by atoms with Gasteiger partial charge in [0.2, 0.25) is 5.91 Å². The van der Waals surface area contributed by atoms with Crippen LogP contribution < -0.4 is 0 Å². The van der Waals surface area contributed by atoms with Crippen LogP contribution in [-0.2, 0) is 11.3 Å². The summed E-state index contributed by atoms with van der Waals surface area (Å²) in [7, 11) is 0. The monoisotopic (exact) mass is 517 g/mol. The Bertz CT molecular complexity index is 1280. The van der Waals surface area contributed by atoms with Crippen molar-refractivity contribution < 1.29 is 13.6 Å². The summed E-state index contributed by atoms with van der Waals surface area (Å²) >= 11 is 18.9. The lowest BCUT2D eigenvalue weighted by atomic mass is 9.67. The van der Waals surface area contributed by atoms with Crippen molar-refractivity contribution in [3.63, 3.8) is 0 Å². The minimum absolute atomic E-state index is 0.0226. The molecule has 0 unspecified atom stereocenters. The van der Waals surface area contributed by atoms with E-state index >= 15 is 0 Å². The maximum Gasteiger partial charge on any atom is 0.230 e. The molecule has 0 spiro atoms. The topological polar surface area (TPSA) is 20.3 Å². The molecule has 7 heteroatoms. The Morgan fingerprint density at radius 2 is 1.53 bits per heavy atom. The van der Waals surface area contributed by atoms with Gasteiger partial charge in [-0.15, -0.1) is 0 Å². The highest BCUT2D eigenvalue weighted by Gasteiger charge is 2.48. The van der Waals surface area contributed by atoms with Crippen molar-refractivity contribution in [1.29, 1.82) is 0 Å². The quantitative estimate of drug-likeness (QED) is 0.325. The number of nitrogens with zero attached hydrogens (tertiary/aromatic N) is 1. The van der Waals surface area contributed by atoms with Gasteiger partial charge in [0.05, 0.1) is 5.92 Å². The lowest BCUT2D eigenvalue weighted by Crippen LogP contribution is -2.29. The molecule has 3 aromatic rings. The number of hydrogen-bond acceptors (Lipinski definition) is 1. The molecule has 2 nitrogen and oxygen atoms in total. The van der Waals surface area contributed by atoms with Gasteiger partial charge in [-0.05, 0) is 64.9 Å². The smallest absolute Gasteiger partial charge is 0.230 e. The lowest BCUT2D eigenvalue weighted by molar-refractivity contribution is -0.130. The molecular formula is C27H20Cl3F2NO. The molecular weight excluding hydrogens is 499 g/mol. The third kappa shape index (κ3) is 4.35. The van der Waals surface area contributed by atoms with E-state index < -0.39 is 11.6 Å². The van der Waals surface area contributed by atoms with Crippen molar-refractivity contribution in [1.82, 2.24) is 4.90 Å². The molecule has 3 aromatic carbocycles. The van der Waals surface area contributed by atoms with Crippen molar-refractivity contribution in [3.05, 3.63) is 116 Å². The van der Waals surface area contributed by atoms with E-state index in [0.717, 1.165) is 23.3 Å². The Balaban J connectivity index is 1.51. The maximum atomic E-state index is 13.7. The van der Waals surface area contributed by atoms with Crippen molar-refractivity contribution in [3.8, 4) is 0 Å². The van der Waals surface area contributed by atoms with Crippen LogP contribution in [0.4, 0.5) is 8.78 Å². The van der Waals surface area contributed by atoms with E-state index in [9.17, 15) is 13.6 Å².